The highest BCUT2D eigenvalue weighted by molar-refractivity contribution is 6.21. The molecule has 2 aromatic carbocycles. The summed E-state index contributed by atoms with van der Waals surface area (Å²) in [6, 6.07) is 12.8. The molecule has 2 amide bonds. The summed E-state index contributed by atoms with van der Waals surface area (Å²) in [5, 5.41) is 0. The van der Waals surface area contributed by atoms with Gasteiger partial charge in [0.05, 0.1) is 17.7 Å². The van der Waals surface area contributed by atoms with Gasteiger partial charge in [0.1, 0.15) is 5.60 Å². The maximum absolute atomic E-state index is 12.3. The van der Waals surface area contributed by atoms with Crippen LogP contribution in [0.5, 0.6) is 11.5 Å². The Morgan fingerprint density at radius 2 is 1.73 bits per heavy atom. The van der Waals surface area contributed by atoms with Gasteiger partial charge in [-0.2, -0.15) is 0 Å². The lowest BCUT2D eigenvalue weighted by molar-refractivity contribution is 0.0645. The third kappa shape index (κ3) is 2.83. The summed E-state index contributed by atoms with van der Waals surface area (Å²) in [7, 11) is 0. The fraction of sp³-hybridized carbons (Fsp3) is 0.333. The minimum absolute atomic E-state index is 0.220. The first kappa shape index (κ1) is 16.6. The molecule has 4 rings (SSSR count). The maximum Gasteiger partial charge on any atom is 0.261 e. The zero-order valence-electron chi connectivity index (χ0n) is 15.0. The number of nitrogens with zero attached hydrogens (tertiary/aromatic N) is 1. The van der Waals surface area contributed by atoms with Crippen LogP contribution < -0.4 is 9.47 Å². The number of imide groups is 1. The maximum atomic E-state index is 12.3. The third-order valence-electron chi connectivity index (χ3n) is 4.72. The van der Waals surface area contributed by atoms with E-state index in [0.717, 1.165) is 23.5 Å². The Labute approximate surface area is 152 Å². The van der Waals surface area contributed by atoms with E-state index in [0.29, 0.717) is 30.7 Å². The summed E-state index contributed by atoms with van der Waals surface area (Å²) >= 11 is 0. The van der Waals surface area contributed by atoms with Gasteiger partial charge in [0, 0.05) is 18.5 Å². The predicted molar refractivity (Wildman–Crippen MR) is 96.8 cm³/mol. The number of rotatable bonds is 5. The Kier molecular flexibility index (Phi) is 3.94. The Bertz CT molecular complexity index is 852. The summed E-state index contributed by atoms with van der Waals surface area (Å²) in [5.41, 5.74) is 1.89. The standard InChI is InChI=1S/C21H21NO4/c1-21(2)13-14-7-5-10-17(18(14)26-21)25-12-6-11-22-19(23)15-8-3-4-9-16(15)20(22)24/h3-5,7-10H,6,11-13H2,1-2H3. The largest absolute Gasteiger partial charge is 0.490 e. The number of para-hydroxylation sites is 1. The first-order chi connectivity index (χ1) is 12.5. The second-order valence-corrected chi connectivity index (χ2v) is 7.29. The van der Waals surface area contributed by atoms with Crippen LogP contribution in [-0.4, -0.2) is 35.5 Å². The molecule has 2 aliphatic rings. The molecule has 0 saturated carbocycles. The Morgan fingerprint density at radius 1 is 1.04 bits per heavy atom. The second-order valence-electron chi connectivity index (χ2n) is 7.29. The van der Waals surface area contributed by atoms with Gasteiger partial charge < -0.3 is 9.47 Å². The zero-order valence-corrected chi connectivity index (χ0v) is 15.0. The van der Waals surface area contributed by atoms with Crippen LogP contribution in [0, 0.1) is 0 Å². The lowest BCUT2D eigenvalue weighted by atomic mass is 10.0. The monoisotopic (exact) mass is 351 g/mol. The van der Waals surface area contributed by atoms with E-state index in [4.69, 9.17) is 9.47 Å². The van der Waals surface area contributed by atoms with Crippen molar-refractivity contribution in [1.29, 1.82) is 0 Å². The van der Waals surface area contributed by atoms with Crippen LogP contribution >= 0.6 is 0 Å². The molecule has 0 N–H and O–H groups in total. The summed E-state index contributed by atoms with van der Waals surface area (Å²) in [5.74, 6) is 1.07. The normalized spacial score (nSPS) is 17.1. The lowest BCUT2D eigenvalue weighted by Gasteiger charge is -2.18. The minimum Gasteiger partial charge on any atom is -0.490 e. The van der Waals surface area contributed by atoms with Crippen molar-refractivity contribution in [3.8, 4) is 11.5 Å². The van der Waals surface area contributed by atoms with Gasteiger partial charge in [-0.05, 0) is 38.5 Å². The van der Waals surface area contributed by atoms with Crippen LogP contribution in [0.15, 0.2) is 42.5 Å². The molecule has 0 saturated heterocycles. The fourth-order valence-corrected chi connectivity index (χ4v) is 3.55. The molecule has 0 aromatic heterocycles. The van der Waals surface area contributed by atoms with Crippen LogP contribution in [0.3, 0.4) is 0 Å². The highest BCUT2D eigenvalue weighted by Crippen LogP contribution is 2.41. The van der Waals surface area contributed by atoms with Crippen LogP contribution in [0.2, 0.25) is 0 Å². The predicted octanol–water partition coefficient (Wildman–Crippen LogP) is 3.47. The topological polar surface area (TPSA) is 55.8 Å². The van der Waals surface area contributed by atoms with Gasteiger partial charge in [-0.3, -0.25) is 14.5 Å². The molecule has 5 nitrogen and oxygen atoms in total. The first-order valence-electron chi connectivity index (χ1n) is 8.85. The number of ether oxygens (including phenoxy) is 2. The summed E-state index contributed by atoms with van der Waals surface area (Å²) in [6.07, 6.45) is 1.42. The first-order valence-corrected chi connectivity index (χ1v) is 8.85. The molecule has 2 aliphatic heterocycles. The molecule has 2 heterocycles. The van der Waals surface area contributed by atoms with E-state index in [1.54, 1.807) is 24.3 Å². The molecule has 0 atom stereocenters. The van der Waals surface area contributed by atoms with Crippen molar-refractivity contribution in [3.63, 3.8) is 0 Å². The number of fused-ring (bicyclic) bond motifs is 2. The van der Waals surface area contributed by atoms with Crippen LogP contribution in [-0.2, 0) is 6.42 Å². The molecule has 134 valence electrons. The van der Waals surface area contributed by atoms with Crippen molar-refractivity contribution >= 4 is 11.8 Å². The van der Waals surface area contributed by atoms with Crippen molar-refractivity contribution in [2.75, 3.05) is 13.2 Å². The molecular formula is C21H21NO4. The third-order valence-corrected chi connectivity index (χ3v) is 4.72. The molecule has 5 heteroatoms. The number of carbonyl (C=O) groups excluding carboxylic acids is 2. The average Bonchev–Trinajstić information content (AvgIpc) is 3.06. The van der Waals surface area contributed by atoms with E-state index < -0.39 is 0 Å². The molecule has 0 unspecified atom stereocenters. The molecule has 0 radical (unpaired) electrons. The van der Waals surface area contributed by atoms with Crippen molar-refractivity contribution in [2.24, 2.45) is 0 Å². The molecule has 0 aliphatic carbocycles. The van der Waals surface area contributed by atoms with Gasteiger partial charge >= 0.3 is 0 Å². The van der Waals surface area contributed by atoms with E-state index in [-0.39, 0.29) is 17.4 Å². The number of carbonyl (C=O) groups is 2. The molecular weight excluding hydrogens is 330 g/mol. The Morgan fingerprint density at radius 3 is 2.42 bits per heavy atom. The lowest BCUT2D eigenvalue weighted by Crippen LogP contribution is -2.31. The van der Waals surface area contributed by atoms with Crippen molar-refractivity contribution in [3.05, 3.63) is 59.2 Å². The highest BCUT2D eigenvalue weighted by atomic mass is 16.5. The minimum atomic E-state index is -0.226. The van der Waals surface area contributed by atoms with Crippen molar-refractivity contribution in [1.82, 2.24) is 4.90 Å². The summed E-state index contributed by atoms with van der Waals surface area (Å²) < 4.78 is 11.9. The van der Waals surface area contributed by atoms with Gasteiger partial charge in [-0.1, -0.05) is 24.3 Å². The molecule has 26 heavy (non-hydrogen) atoms. The highest BCUT2D eigenvalue weighted by Gasteiger charge is 2.35. The molecule has 2 aromatic rings. The van der Waals surface area contributed by atoms with Gasteiger partial charge in [0.2, 0.25) is 0 Å². The number of hydrogen-bond donors (Lipinski definition) is 0. The van der Waals surface area contributed by atoms with Crippen LogP contribution in [0.4, 0.5) is 0 Å². The van der Waals surface area contributed by atoms with E-state index >= 15 is 0 Å². The van der Waals surface area contributed by atoms with E-state index in [2.05, 4.69) is 19.9 Å². The Hall–Kier alpha value is -2.82. The van der Waals surface area contributed by atoms with Gasteiger partial charge in [0.25, 0.3) is 11.8 Å². The van der Waals surface area contributed by atoms with Crippen LogP contribution in [0.25, 0.3) is 0 Å². The zero-order chi connectivity index (χ0) is 18.3. The van der Waals surface area contributed by atoms with E-state index in [1.165, 1.54) is 4.90 Å². The van der Waals surface area contributed by atoms with Gasteiger partial charge in [0.15, 0.2) is 11.5 Å². The molecule has 0 bridgehead atoms. The summed E-state index contributed by atoms with van der Waals surface area (Å²) in [6.45, 7) is 4.86. The SMILES string of the molecule is CC1(C)Cc2cccc(OCCCN3C(=O)c4ccccc4C3=O)c2O1. The average molecular weight is 351 g/mol. The molecule has 0 fully saturated rings. The fourth-order valence-electron chi connectivity index (χ4n) is 3.55. The van der Waals surface area contributed by atoms with Crippen molar-refractivity contribution in [2.45, 2.75) is 32.3 Å². The van der Waals surface area contributed by atoms with Gasteiger partial charge in [-0.25, -0.2) is 0 Å². The van der Waals surface area contributed by atoms with Crippen molar-refractivity contribution < 1.29 is 19.1 Å². The number of benzene rings is 2. The number of amides is 2. The number of hydrogen-bond acceptors (Lipinski definition) is 4. The van der Waals surface area contributed by atoms with Gasteiger partial charge in [-0.15, -0.1) is 0 Å². The second kappa shape index (κ2) is 6.16. The smallest absolute Gasteiger partial charge is 0.261 e. The summed E-state index contributed by atoms with van der Waals surface area (Å²) in [4.78, 5) is 26.0. The van der Waals surface area contributed by atoms with Crippen LogP contribution in [0.1, 0.15) is 46.5 Å². The quantitative estimate of drug-likeness (QED) is 0.611. The Balaban J connectivity index is 1.36. The molecule has 0 spiro atoms. The van der Waals surface area contributed by atoms with E-state index in [1.807, 2.05) is 12.1 Å². The van der Waals surface area contributed by atoms with E-state index in [9.17, 15) is 9.59 Å².